The van der Waals surface area contributed by atoms with Crippen molar-refractivity contribution >= 4 is 5.91 Å². The minimum absolute atomic E-state index is 0.0471. The lowest BCUT2D eigenvalue weighted by Crippen LogP contribution is -2.24. The van der Waals surface area contributed by atoms with E-state index in [0.29, 0.717) is 36.6 Å². The minimum Gasteiger partial charge on any atom is -0.490 e. The molecule has 0 atom stereocenters. The average Bonchev–Trinajstić information content (AvgIpc) is 2.41. The van der Waals surface area contributed by atoms with Gasteiger partial charge in [0.05, 0.1) is 31.3 Å². The first-order valence-corrected chi connectivity index (χ1v) is 6.27. The van der Waals surface area contributed by atoms with Crippen molar-refractivity contribution in [1.82, 2.24) is 5.32 Å². The van der Waals surface area contributed by atoms with Crippen molar-refractivity contribution in [3.63, 3.8) is 0 Å². The van der Waals surface area contributed by atoms with E-state index in [1.807, 2.05) is 19.9 Å². The number of carbonyl (C=O) groups is 1. The highest BCUT2D eigenvalue weighted by molar-refractivity contribution is 5.75. The van der Waals surface area contributed by atoms with E-state index < -0.39 is 0 Å². The number of carbonyl (C=O) groups excluding carboxylic acids is 1. The van der Waals surface area contributed by atoms with E-state index >= 15 is 0 Å². The molecule has 0 fully saturated rings. The van der Waals surface area contributed by atoms with Crippen LogP contribution in [0.4, 0.5) is 0 Å². The first-order chi connectivity index (χ1) is 9.21. The molecule has 0 aliphatic carbocycles. The maximum absolute atomic E-state index is 11.3. The van der Waals surface area contributed by atoms with Crippen LogP contribution in [0.1, 0.15) is 25.8 Å². The molecule has 19 heavy (non-hydrogen) atoms. The fraction of sp³-hybridized carbons (Fsp3) is 0.429. The highest BCUT2D eigenvalue weighted by Gasteiger charge is 2.07. The van der Waals surface area contributed by atoms with E-state index in [1.54, 1.807) is 18.2 Å². The summed E-state index contributed by atoms with van der Waals surface area (Å²) >= 11 is 0. The Hall–Kier alpha value is -2.22. The minimum atomic E-state index is -0.0471. The maximum Gasteiger partial charge on any atom is 0.223 e. The van der Waals surface area contributed by atoms with Gasteiger partial charge in [0, 0.05) is 12.6 Å². The molecule has 0 aromatic heterocycles. The summed E-state index contributed by atoms with van der Waals surface area (Å²) in [5.41, 5.74) is 0.513. The molecule has 0 radical (unpaired) electrons. The molecule has 102 valence electrons. The zero-order valence-electron chi connectivity index (χ0n) is 11.2. The van der Waals surface area contributed by atoms with Crippen LogP contribution >= 0.6 is 0 Å². The Labute approximate surface area is 113 Å². The Balaban J connectivity index is 2.62. The third-order valence-electron chi connectivity index (χ3n) is 2.33. The van der Waals surface area contributed by atoms with Gasteiger partial charge in [-0.05, 0) is 26.0 Å². The molecule has 1 N–H and O–H groups in total. The Bertz CT molecular complexity index is 466. The maximum atomic E-state index is 11.3. The van der Waals surface area contributed by atoms with Crippen LogP contribution in [0.2, 0.25) is 0 Å². The molecule has 0 aliphatic rings. The van der Waals surface area contributed by atoms with Gasteiger partial charge >= 0.3 is 0 Å². The fourth-order valence-electron chi connectivity index (χ4n) is 1.50. The van der Waals surface area contributed by atoms with E-state index in [1.165, 1.54) is 0 Å². The van der Waals surface area contributed by atoms with Gasteiger partial charge in [-0.2, -0.15) is 5.26 Å². The van der Waals surface area contributed by atoms with Gasteiger partial charge in [0.15, 0.2) is 11.5 Å². The molecule has 5 heteroatoms. The predicted molar refractivity (Wildman–Crippen MR) is 71.1 cm³/mol. The van der Waals surface area contributed by atoms with Gasteiger partial charge in [-0.3, -0.25) is 4.79 Å². The van der Waals surface area contributed by atoms with Crippen molar-refractivity contribution in [2.45, 2.75) is 20.3 Å². The SMILES string of the molecule is CCNC(=O)CCOc1ccc(C#N)cc1OCC. The van der Waals surface area contributed by atoms with Gasteiger partial charge in [-0.15, -0.1) is 0 Å². The molecule has 1 aromatic carbocycles. The van der Waals surface area contributed by atoms with Crippen molar-refractivity contribution in [2.24, 2.45) is 0 Å². The summed E-state index contributed by atoms with van der Waals surface area (Å²) in [5, 5.41) is 11.5. The predicted octanol–water partition coefficient (Wildman–Crippen LogP) is 1.86. The molecule has 1 rings (SSSR count). The Morgan fingerprint density at radius 3 is 2.74 bits per heavy atom. The Kier molecular flexibility index (Phi) is 6.23. The molecule has 0 saturated carbocycles. The monoisotopic (exact) mass is 262 g/mol. The van der Waals surface area contributed by atoms with Gasteiger partial charge in [0.25, 0.3) is 0 Å². The number of amides is 1. The first kappa shape index (κ1) is 14.8. The molecule has 0 unspecified atom stereocenters. The standard InChI is InChI=1S/C14H18N2O3/c1-3-16-14(17)7-8-19-12-6-5-11(10-15)9-13(12)18-4-2/h5-6,9H,3-4,7-8H2,1-2H3,(H,16,17). The first-order valence-electron chi connectivity index (χ1n) is 6.27. The number of ether oxygens (including phenoxy) is 2. The second-order valence-corrected chi connectivity index (χ2v) is 3.76. The van der Waals surface area contributed by atoms with Crippen molar-refractivity contribution in [2.75, 3.05) is 19.8 Å². The molecule has 0 spiro atoms. The highest BCUT2D eigenvalue weighted by Crippen LogP contribution is 2.28. The highest BCUT2D eigenvalue weighted by atomic mass is 16.5. The number of nitrogens with zero attached hydrogens (tertiary/aromatic N) is 1. The summed E-state index contributed by atoms with van der Waals surface area (Å²) in [7, 11) is 0. The van der Waals surface area contributed by atoms with Crippen molar-refractivity contribution in [1.29, 1.82) is 5.26 Å². The summed E-state index contributed by atoms with van der Waals surface area (Å²) in [5.74, 6) is 1.02. The fourth-order valence-corrected chi connectivity index (χ4v) is 1.50. The summed E-state index contributed by atoms with van der Waals surface area (Å²) in [6.45, 7) is 5.10. The van der Waals surface area contributed by atoms with Crippen molar-refractivity contribution < 1.29 is 14.3 Å². The van der Waals surface area contributed by atoms with Crippen LogP contribution < -0.4 is 14.8 Å². The lowest BCUT2D eigenvalue weighted by Gasteiger charge is -2.11. The van der Waals surface area contributed by atoms with E-state index in [2.05, 4.69) is 5.32 Å². The third kappa shape index (κ3) is 4.88. The smallest absolute Gasteiger partial charge is 0.223 e. The van der Waals surface area contributed by atoms with Crippen LogP contribution in [0, 0.1) is 11.3 Å². The Morgan fingerprint density at radius 2 is 2.11 bits per heavy atom. The number of rotatable bonds is 7. The third-order valence-corrected chi connectivity index (χ3v) is 2.33. The summed E-state index contributed by atoms with van der Waals surface area (Å²) in [6, 6.07) is 7.01. The number of nitrogens with one attached hydrogen (secondary N) is 1. The molecule has 0 aliphatic heterocycles. The molecule has 0 bridgehead atoms. The lowest BCUT2D eigenvalue weighted by molar-refractivity contribution is -0.121. The van der Waals surface area contributed by atoms with Crippen LogP contribution in [0.25, 0.3) is 0 Å². The van der Waals surface area contributed by atoms with E-state index in [4.69, 9.17) is 14.7 Å². The summed E-state index contributed by atoms with van der Waals surface area (Å²) in [6.07, 6.45) is 0.291. The quantitative estimate of drug-likeness (QED) is 0.814. The number of nitriles is 1. The molecule has 0 saturated heterocycles. The van der Waals surface area contributed by atoms with Crippen LogP contribution in [0.5, 0.6) is 11.5 Å². The van der Waals surface area contributed by atoms with Crippen LogP contribution in [-0.2, 0) is 4.79 Å². The zero-order chi connectivity index (χ0) is 14.1. The second kappa shape index (κ2) is 7.98. The number of hydrogen-bond donors (Lipinski definition) is 1. The zero-order valence-corrected chi connectivity index (χ0v) is 11.2. The molecular weight excluding hydrogens is 244 g/mol. The molecule has 1 amide bonds. The number of hydrogen-bond acceptors (Lipinski definition) is 4. The van der Waals surface area contributed by atoms with Crippen LogP contribution in [-0.4, -0.2) is 25.7 Å². The summed E-state index contributed by atoms with van der Waals surface area (Å²) < 4.78 is 10.9. The molecule has 0 heterocycles. The molecule has 1 aromatic rings. The van der Waals surface area contributed by atoms with Gasteiger partial charge in [0.2, 0.25) is 5.91 Å². The molecule has 5 nitrogen and oxygen atoms in total. The van der Waals surface area contributed by atoms with Gasteiger partial charge in [-0.1, -0.05) is 0 Å². The average molecular weight is 262 g/mol. The van der Waals surface area contributed by atoms with Crippen LogP contribution in [0.15, 0.2) is 18.2 Å². The van der Waals surface area contributed by atoms with E-state index in [9.17, 15) is 4.79 Å². The largest absolute Gasteiger partial charge is 0.490 e. The van der Waals surface area contributed by atoms with Crippen molar-refractivity contribution in [3.8, 4) is 17.6 Å². The van der Waals surface area contributed by atoms with Gasteiger partial charge < -0.3 is 14.8 Å². The van der Waals surface area contributed by atoms with E-state index in [-0.39, 0.29) is 12.5 Å². The lowest BCUT2D eigenvalue weighted by atomic mass is 10.2. The summed E-state index contributed by atoms with van der Waals surface area (Å²) in [4.78, 5) is 11.3. The normalized spacial score (nSPS) is 9.53. The van der Waals surface area contributed by atoms with Crippen molar-refractivity contribution in [3.05, 3.63) is 23.8 Å². The van der Waals surface area contributed by atoms with Gasteiger partial charge in [0.1, 0.15) is 0 Å². The topological polar surface area (TPSA) is 71.3 Å². The van der Waals surface area contributed by atoms with E-state index in [0.717, 1.165) is 0 Å². The Morgan fingerprint density at radius 1 is 1.32 bits per heavy atom. The molecular formula is C14H18N2O3. The van der Waals surface area contributed by atoms with Crippen LogP contribution in [0.3, 0.4) is 0 Å². The second-order valence-electron chi connectivity index (χ2n) is 3.76. The van der Waals surface area contributed by atoms with Gasteiger partial charge in [-0.25, -0.2) is 0 Å². The number of benzene rings is 1.